The van der Waals surface area contributed by atoms with E-state index in [9.17, 15) is 9.90 Å². The number of benzene rings is 1. The Kier molecular flexibility index (Phi) is 3.96. The molecule has 0 saturated carbocycles. The van der Waals surface area contributed by atoms with Crippen LogP contribution in [0.1, 0.15) is 12.5 Å². The van der Waals surface area contributed by atoms with Gasteiger partial charge in [0, 0.05) is 12.5 Å². The van der Waals surface area contributed by atoms with E-state index in [0.29, 0.717) is 17.1 Å². The zero-order valence-electron chi connectivity index (χ0n) is 10.1. The molecule has 0 fully saturated rings. The second-order valence-electron chi connectivity index (χ2n) is 3.98. The van der Waals surface area contributed by atoms with Gasteiger partial charge in [0.15, 0.2) is 5.60 Å². The van der Waals surface area contributed by atoms with Crippen molar-refractivity contribution in [2.75, 3.05) is 14.2 Å². The Morgan fingerprint density at radius 1 is 1.24 bits per heavy atom. The van der Waals surface area contributed by atoms with Gasteiger partial charge in [-0.2, -0.15) is 0 Å². The maximum absolute atomic E-state index is 10.8. The first-order valence-corrected chi connectivity index (χ1v) is 5.07. The molecule has 0 aromatic heterocycles. The molecule has 1 aromatic rings. The third-order valence-corrected chi connectivity index (χ3v) is 2.42. The van der Waals surface area contributed by atoms with Crippen LogP contribution in [-0.4, -0.2) is 36.0 Å². The van der Waals surface area contributed by atoms with E-state index in [1.54, 1.807) is 18.2 Å². The maximum atomic E-state index is 10.8. The summed E-state index contributed by atoms with van der Waals surface area (Å²) in [6.07, 6.45) is -0.0180. The van der Waals surface area contributed by atoms with E-state index in [-0.39, 0.29) is 6.42 Å². The fraction of sp³-hybridized carbons (Fsp3) is 0.417. The van der Waals surface area contributed by atoms with Crippen molar-refractivity contribution in [2.45, 2.75) is 18.9 Å². The number of ether oxygens (including phenoxy) is 2. The Balaban J connectivity index is 3.02. The molecule has 1 atom stereocenters. The highest BCUT2D eigenvalue weighted by atomic mass is 16.5. The summed E-state index contributed by atoms with van der Waals surface area (Å²) in [7, 11) is 3.02. The SMILES string of the molecule is COc1cc(CC(C)(O)C(=O)O)cc(OC)c1. The molecule has 0 aliphatic carbocycles. The molecule has 2 N–H and O–H groups in total. The summed E-state index contributed by atoms with van der Waals surface area (Å²) in [5, 5.41) is 18.5. The van der Waals surface area contributed by atoms with Gasteiger partial charge in [-0.25, -0.2) is 4.79 Å². The molecular weight excluding hydrogens is 224 g/mol. The summed E-state index contributed by atoms with van der Waals surface area (Å²) in [6.45, 7) is 1.25. The first-order valence-electron chi connectivity index (χ1n) is 5.07. The highest BCUT2D eigenvalue weighted by molar-refractivity contribution is 5.77. The monoisotopic (exact) mass is 240 g/mol. The van der Waals surface area contributed by atoms with Gasteiger partial charge >= 0.3 is 5.97 Å². The normalized spacial score (nSPS) is 13.9. The fourth-order valence-electron chi connectivity index (χ4n) is 1.44. The van der Waals surface area contributed by atoms with E-state index in [1.807, 2.05) is 0 Å². The molecule has 0 aliphatic heterocycles. The van der Waals surface area contributed by atoms with Gasteiger partial charge in [0.25, 0.3) is 0 Å². The summed E-state index contributed by atoms with van der Waals surface area (Å²) in [5.41, 5.74) is -1.18. The molecule has 1 rings (SSSR count). The highest BCUT2D eigenvalue weighted by Crippen LogP contribution is 2.25. The number of carboxylic acid groups (broad SMARTS) is 1. The number of hydrogen-bond donors (Lipinski definition) is 2. The molecule has 1 aromatic carbocycles. The maximum Gasteiger partial charge on any atom is 0.335 e. The Morgan fingerprint density at radius 2 is 1.71 bits per heavy atom. The lowest BCUT2D eigenvalue weighted by atomic mass is 9.96. The minimum Gasteiger partial charge on any atom is -0.497 e. The topological polar surface area (TPSA) is 76.0 Å². The fourth-order valence-corrected chi connectivity index (χ4v) is 1.44. The number of rotatable bonds is 5. The molecule has 0 radical (unpaired) electrons. The van der Waals surface area contributed by atoms with Gasteiger partial charge in [0.2, 0.25) is 0 Å². The van der Waals surface area contributed by atoms with Crippen LogP contribution in [0.5, 0.6) is 11.5 Å². The summed E-state index contributed by atoms with van der Waals surface area (Å²) in [5.74, 6) is -0.152. The number of carbonyl (C=O) groups is 1. The largest absolute Gasteiger partial charge is 0.497 e. The number of aliphatic carboxylic acids is 1. The molecule has 0 amide bonds. The summed E-state index contributed by atoms with van der Waals surface area (Å²) in [4.78, 5) is 10.8. The van der Waals surface area contributed by atoms with Crippen LogP contribution in [0.4, 0.5) is 0 Å². The Bertz CT molecular complexity index is 389. The van der Waals surface area contributed by atoms with E-state index in [1.165, 1.54) is 21.1 Å². The molecule has 0 spiro atoms. The van der Waals surface area contributed by atoms with Crippen molar-refractivity contribution in [3.63, 3.8) is 0 Å². The molecule has 0 saturated heterocycles. The first-order chi connectivity index (χ1) is 7.89. The van der Waals surface area contributed by atoms with Crippen molar-refractivity contribution in [3.8, 4) is 11.5 Å². The Hall–Kier alpha value is -1.75. The van der Waals surface area contributed by atoms with Crippen molar-refractivity contribution < 1.29 is 24.5 Å². The number of methoxy groups -OCH3 is 2. The minimum atomic E-state index is -1.81. The quantitative estimate of drug-likeness (QED) is 0.805. The van der Waals surface area contributed by atoms with Gasteiger partial charge in [-0.3, -0.25) is 0 Å². The second-order valence-corrected chi connectivity index (χ2v) is 3.98. The lowest BCUT2D eigenvalue weighted by molar-refractivity contribution is -0.156. The predicted molar refractivity (Wildman–Crippen MR) is 61.5 cm³/mol. The van der Waals surface area contributed by atoms with E-state index in [2.05, 4.69) is 0 Å². The van der Waals surface area contributed by atoms with E-state index in [4.69, 9.17) is 14.6 Å². The smallest absolute Gasteiger partial charge is 0.335 e. The van der Waals surface area contributed by atoms with Crippen LogP contribution in [0.3, 0.4) is 0 Å². The zero-order chi connectivity index (χ0) is 13.1. The van der Waals surface area contributed by atoms with Crippen molar-refractivity contribution in [2.24, 2.45) is 0 Å². The molecule has 94 valence electrons. The summed E-state index contributed by atoms with van der Waals surface area (Å²) in [6, 6.07) is 5.01. The molecule has 0 aliphatic rings. The van der Waals surface area contributed by atoms with E-state index >= 15 is 0 Å². The van der Waals surface area contributed by atoms with Gasteiger partial charge in [-0.05, 0) is 24.6 Å². The number of hydrogen-bond acceptors (Lipinski definition) is 4. The predicted octanol–water partition coefficient (Wildman–Crippen LogP) is 1.08. The second kappa shape index (κ2) is 5.05. The Morgan fingerprint density at radius 3 is 2.06 bits per heavy atom. The van der Waals surface area contributed by atoms with Crippen LogP contribution in [0.15, 0.2) is 18.2 Å². The van der Waals surface area contributed by atoms with Gasteiger partial charge in [-0.1, -0.05) is 0 Å². The van der Waals surface area contributed by atoms with Gasteiger partial charge in [0.1, 0.15) is 11.5 Å². The molecule has 0 heterocycles. The average Bonchev–Trinajstić information content (AvgIpc) is 2.27. The molecule has 17 heavy (non-hydrogen) atoms. The third-order valence-electron chi connectivity index (χ3n) is 2.42. The van der Waals surface area contributed by atoms with Crippen LogP contribution in [0.2, 0.25) is 0 Å². The van der Waals surface area contributed by atoms with Crippen LogP contribution in [-0.2, 0) is 11.2 Å². The number of aliphatic hydroxyl groups is 1. The molecular formula is C12H16O5. The van der Waals surface area contributed by atoms with Crippen molar-refractivity contribution in [3.05, 3.63) is 23.8 Å². The molecule has 0 bridgehead atoms. The minimum absolute atomic E-state index is 0.0180. The van der Waals surface area contributed by atoms with Gasteiger partial charge < -0.3 is 19.7 Å². The van der Waals surface area contributed by atoms with Crippen LogP contribution < -0.4 is 9.47 Å². The lowest BCUT2D eigenvalue weighted by Gasteiger charge is -2.18. The van der Waals surface area contributed by atoms with Crippen molar-refractivity contribution >= 4 is 5.97 Å². The van der Waals surface area contributed by atoms with Gasteiger partial charge in [-0.15, -0.1) is 0 Å². The zero-order valence-corrected chi connectivity index (χ0v) is 10.1. The van der Waals surface area contributed by atoms with Crippen molar-refractivity contribution in [1.29, 1.82) is 0 Å². The van der Waals surface area contributed by atoms with Crippen LogP contribution in [0.25, 0.3) is 0 Å². The van der Waals surface area contributed by atoms with Crippen LogP contribution >= 0.6 is 0 Å². The molecule has 5 heteroatoms. The Labute approximate surface area is 99.6 Å². The van der Waals surface area contributed by atoms with Gasteiger partial charge in [0.05, 0.1) is 14.2 Å². The highest BCUT2D eigenvalue weighted by Gasteiger charge is 2.30. The average molecular weight is 240 g/mol. The summed E-state index contributed by atoms with van der Waals surface area (Å²) < 4.78 is 10.1. The van der Waals surface area contributed by atoms with Crippen LogP contribution in [0, 0.1) is 0 Å². The molecule has 5 nitrogen and oxygen atoms in total. The number of carboxylic acids is 1. The first kappa shape index (κ1) is 13.3. The third kappa shape index (κ3) is 3.35. The standard InChI is InChI=1S/C12H16O5/c1-12(15,11(13)14)7-8-4-9(16-2)6-10(5-8)17-3/h4-6,15H,7H2,1-3H3,(H,13,14). The summed E-state index contributed by atoms with van der Waals surface area (Å²) >= 11 is 0. The lowest BCUT2D eigenvalue weighted by Crippen LogP contribution is -2.37. The molecule has 1 unspecified atom stereocenters. The van der Waals surface area contributed by atoms with Crippen molar-refractivity contribution in [1.82, 2.24) is 0 Å². The van der Waals surface area contributed by atoms with E-state index in [0.717, 1.165) is 0 Å². The van der Waals surface area contributed by atoms with E-state index < -0.39 is 11.6 Å².